The van der Waals surface area contributed by atoms with E-state index in [1.165, 1.54) is 18.3 Å². The smallest absolute Gasteiger partial charge is 0.256 e. The molecule has 0 spiro atoms. The molecule has 1 amide bonds. The Morgan fingerprint density at radius 2 is 1.85 bits per heavy atom. The van der Waals surface area contributed by atoms with Crippen LogP contribution >= 0.6 is 0 Å². The highest BCUT2D eigenvalue weighted by atomic mass is 32.2. The second kappa shape index (κ2) is 8.41. The normalized spacial score (nSPS) is 18.7. The van der Waals surface area contributed by atoms with E-state index in [2.05, 4.69) is 11.1 Å². The molecule has 2 aliphatic rings. The van der Waals surface area contributed by atoms with Crippen LogP contribution in [0.2, 0.25) is 0 Å². The minimum absolute atomic E-state index is 0.148. The Morgan fingerprint density at radius 3 is 2.45 bits per heavy atom. The summed E-state index contributed by atoms with van der Waals surface area (Å²) in [5.74, 6) is -0.534. The summed E-state index contributed by atoms with van der Waals surface area (Å²) in [5.41, 5.74) is 3.05. The van der Waals surface area contributed by atoms with Crippen molar-refractivity contribution in [3.63, 3.8) is 0 Å². The number of carbonyl (C=O) groups is 1. The molecule has 3 aromatic rings. The largest absolute Gasteiger partial charge is 0.598 e. The first-order chi connectivity index (χ1) is 15.9. The maximum absolute atomic E-state index is 13.9. The summed E-state index contributed by atoms with van der Waals surface area (Å²) < 4.78 is 27.5. The summed E-state index contributed by atoms with van der Waals surface area (Å²) in [6.07, 6.45) is 4.89. The van der Waals surface area contributed by atoms with Gasteiger partial charge in [0.2, 0.25) is 0 Å². The van der Waals surface area contributed by atoms with Crippen molar-refractivity contribution in [3.8, 4) is 17.2 Å². The van der Waals surface area contributed by atoms with Crippen LogP contribution in [0.4, 0.5) is 4.39 Å². The highest BCUT2D eigenvalue weighted by Crippen LogP contribution is 2.48. The molecular formula is C25H23FN4O2S. The molecule has 2 fully saturated rings. The lowest BCUT2D eigenvalue weighted by molar-refractivity contribution is 0.0699. The van der Waals surface area contributed by atoms with Gasteiger partial charge in [-0.15, -0.1) is 4.31 Å². The van der Waals surface area contributed by atoms with Gasteiger partial charge in [0.15, 0.2) is 0 Å². The van der Waals surface area contributed by atoms with Crippen molar-refractivity contribution in [2.24, 2.45) is 0 Å². The molecule has 6 nitrogen and oxygen atoms in total. The first kappa shape index (κ1) is 21.8. The molecule has 1 aromatic heterocycles. The third-order valence-corrected chi connectivity index (χ3v) is 7.73. The second-order valence-electron chi connectivity index (χ2n) is 8.62. The van der Waals surface area contributed by atoms with E-state index in [0.717, 1.165) is 24.0 Å². The van der Waals surface area contributed by atoms with Crippen LogP contribution in [0.25, 0.3) is 22.0 Å². The topological polar surface area (TPSA) is 83.3 Å². The highest BCUT2D eigenvalue weighted by molar-refractivity contribution is 7.88. The summed E-state index contributed by atoms with van der Waals surface area (Å²) in [6.45, 7) is 2.04. The summed E-state index contributed by atoms with van der Waals surface area (Å²) in [6, 6.07) is 14.6. The van der Waals surface area contributed by atoms with Gasteiger partial charge < -0.3 is 9.45 Å². The maximum atomic E-state index is 13.9. The zero-order chi connectivity index (χ0) is 23.2. The Hall–Kier alpha value is -2.99. The number of piperazine rings is 1. The first-order valence-electron chi connectivity index (χ1n) is 10.9. The molecule has 1 aliphatic heterocycles. The van der Waals surface area contributed by atoms with Crippen LogP contribution in [0, 0.1) is 17.1 Å². The number of benzene rings is 2. The number of nitriles is 1. The number of pyridine rings is 1. The monoisotopic (exact) mass is 462 g/mol. The maximum Gasteiger partial charge on any atom is 0.256 e. The minimum atomic E-state index is -1.06. The second-order valence-corrected chi connectivity index (χ2v) is 9.99. The van der Waals surface area contributed by atoms with E-state index >= 15 is 0 Å². The zero-order valence-electron chi connectivity index (χ0n) is 18.3. The van der Waals surface area contributed by atoms with Crippen LogP contribution in [0.3, 0.4) is 0 Å². The quantitative estimate of drug-likeness (QED) is 0.553. The number of hydrogen-bond donors (Lipinski definition) is 0. The molecule has 0 N–H and O–H groups in total. The summed E-state index contributed by atoms with van der Waals surface area (Å²) in [4.78, 5) is 19.7. The number of aromatic nitrogens is 1. The van der Waals surface area contributed by atoms with Gasteiger partial charge in [0.25, 0.3) is 5.91 Å². The Labute approximate surface area is 194 Å². The molecule has 8 heteroatoms. The summed E-state index contributed by atoms with van der Waals surface area (Å²) in [5, 5.41) is 10.2. The number of amides is 1. The fourth-order valence-electron chi connectivity index (χ4n) is 4.50. The summed E-state index contributed by atoms with van der Waals surface area (Å²) in [7, 11) is 0. The van der Waals surface area contributed by atoms with Gasteiger partial charge in [-0.2, -0.15) is 5.26 Å². The average molecular weight is 463 g/mol. The van der Waals surface area contributed by atoms with Crippen LogP contribution < -0.4 is 0 Å². The van der Waals surface area contributed by atoms with Crippen LogP contribution in [0.15, 0.2) is 48.7 Å². The number of hydrogen-bond acceptors (Lipinski definition) is 5. The molecule has 1 saturated heterocycles. The van der Waals surface area contributed by atoms with E-state index in [9.17, 15) is 19.0 Å². The van der Waals surface area contributed by atoms with Crippen LogP contribution in [0.1, 0.15) is 28.8 Å². The van der Waals surface area contributed by atoms with Gasteiger partial charge in [-0.3, -0.25) is 9.78 Å². The van der Waals surface area contributed by atoms with Gasteiger partial charge in [-0.25, -0.2) is 4.39 Å². The van der Waals surface area contributed by atoms with Crippen molar-refractivity contribution >= 4 is 28.2 Å². The third-order valence-electron chi connectivity index (χ3n) is 6.64. The number of fused-ring (bicyclic) bond motifs is 1. The van der Waals surface area contributed by atoms with E-state index in [1.807, 2.05) is 28.6 Å². The molecule has 2 heterocycles. The molecule has 1 aliphatic carbocycles. The lowest BCUT2D eigenvalue weighted by Gasteiger charge is -2.33. The van der Waals surface area contributed by atoms with Gasteiger partial charge in [-0.1, -0.05) is 24.3 Å². The predicted molar refractivity (Wildman–Crippen MR) is 125 cm³/mol. The van der Waals surface area contributed by atoms with Crippen LogP contribution in [-0.4, -0.2) is 57.1 Å². The van der Waals surface area contributed by atoms with Gasteiger partial charge in [0.05, 0.1) is 35.7 Å². The Kier molecular flexibility index (Phi) is 5.57. The number of halogens is 1. The van der Waals surface area contributed by atoms with Crippen LogP contribution in [0.5, 0.6) is 0 Å². The molecule has 0 radical (unpaired) electrons. The number of carbonyl (C=O) groups excluding carboxylic acids is 1. The molecule has 1 saturated carbocycles. The van der Waals surface area contributed by atoms with Gasteiger partial charge in [0.1, 0.15) is 12.1 Å². The molecule has 1 atom stereocenters. The van der Waals surface area contributed by atoms with Gasteiger partial charge in [-0.05, 0) is 36.1 Å². The van der Waals surface area contributed by atoms with E-state index in [-0.39, 0.29) is 17.1 Å². The Balaban J connectivity index is 1.56. The van der Waals surface area contributed by atoms with E-state index in [4.69, 9.17) is 0 Å². The lowest BCUT2D eigenvalue weighted by atomic mass is 9.91. The predicted octanol–water partition coefficient (Wildman–Crippen LogP) is 3.65. The van der Waals surface area contributed by atoms with Crippen molar-refractivity contribution < 1.29 is 13.7 Å². The van der Waals surface area contributed by atoms with Gasteiger partial charge >= 0.3 is 0 Å². The van der Waals surface area contributed by atoms with Crippen molar-refractivity contribution in [1.29, 1.82) is 5.26 Å². The van der Waals surface area contributed by atoms with Gasteiger partial charge in [0, 0.05) is 47.7 Å². The van der Waals surface area contributed by atoms with Crippen molar-refractivity contribution in [2.75, 3.05) is 32.4 Å². The average Bonchev–Trinajstić information content (AvgIpc) is 3.64. The molecular weight excluding hydrogens is 439 g/mol. The van der Waals surface area contributed by atoms with Crippen LogP contribution in [-0.2, 0) is 16.8 Å². The van der Waals surface area contributed by atoms with E-state index < -0.39 is 11.4 Å². The minimum Gasteiger partial charge on any atom is -0.598 e. The molecule has 1 unspecified atom stereocenters. The zero-order valence-corrected chi connectivity index (χ0v) is 19.1. The molecule has 2 aromatic carbocycles. The third kappa shape index (κ3) is 3.97. The standard InChI is InChI=1S/C25H23FN4O2S/c1-33(32)30-12-10-29(11-13-30)24(31)21-15-28-22-14-19(26)6-7-20(22)23(21)17-2-4-18(5-3-17)25(16-27)8-9-25/h2-7,14-15H,8-13H2,1H3. The fourth-order valence-corrected chi connectivity index (χ4v) is 5.18. The fraction of sp³-hybridized carbons (Fsp3) is 0.320. The van der Waals surface area contributed by atoms with E-state index in [0.29, 0.717) is 48.2 Å². The van der Waals surface area contributed by atoms with Crippen molar-refractivity contribution in [3.05, 3.63) is 65.6 Å². The van der Waals surface area contributed by atoms with Crippen molar-refractivity contribution in [1.82, 2.24) is 14.2 Å². The van der Waals surface area contributed by atoms with E-state index in [1.54, 1.807) is 17.2 Å². The van der Waals surface area contributed by atoms with Crippen molar-refractivity contribution in [2.45, 2.75) is 18.3 Å². The molecule has 168 valence electrons. The first-order valence-corrected chi connectivity index (χ1v) is 12.4. The summed E-state index contributed by atoms with van der Waals surface area (Å²) >= 11 is -1.06. The Morgan fingerprint density at radius 1 is 1.15 bits per heavy atom. The highest BCUT2D eigenvalue weighted by Gasteiger charge is 2.44. The lowest BCUT2D eigenvalue weighted by Crippen LogP contribution is -2.50. The number of rotatable bonds is 4. The molecule has 5 rings (SSSR count). The SMILES string of the molecule is C[S+]([O-])N1CCN(C(=O)c2cnc3cc(F)ccc3c2-c2ccc(C3(C#N)CC3)cc2)CC1. The number of nitrogens with zero attached hydrogens (tertiary/aromatic N) is 4. The molecule has 0 bridgehead atoms. The molecule has 33 heavy (non-hydrogen) atoms. The Bertz CT molecular complexity index is 1260.